The van der Waals surface area contributed by atoms with Gasteiger partial charge in [-0.25, -0.2) is 4.39 Å². The smallest absolute Gasteiger partial charge is 0.131 e. The number of hydrogen-bond donors (Lipinski definition) is 1. The summed E-state index contributed by atoms with van der Waals surface area (Å²) in [6.45, 7) is 0. The molecular formula is C17H11Cl2FO. The Hall–Kier alpha value is -1.61. The Morgan fingerprint density at radius 3 is 2.10 bits per heavy atom. The van der Waals surface area contributed by atoms with Crippen molar-refractivity contribution in [1.29, 1.82) is 0 Å². The maximum Gasteiger partial charge on any atom is 0.131 e. The lowest BCUT2D eigenvalue weighted by Crippen LogP contribution is -2.03. The predicted molar refractivity (Wildman–Crippen MR) is 84.4 cm³/mol. The van der Waals surface area contributed by atoms with Crippen LogP contribution in [0.2, 0.25) is 10.0 Å². The van der Waals surface area contributed by atoms with E-state index in [1.165, 1.54) is 6.07 Å². The number of fused-ring (bicyclic) bond motifs is 1. The lowest BCUT2D eigenvalue weighted by atomic mass is 9.95. The molecule has 0 aliphatic carbocycles. The van der Waals surface area contributed by atoms with Gasteiger partial charge in [0.2, 0.25) is 0 Å². The Balaban J connectivity index is 2.23. The third-order valence-corrected chi connectivity index (χ3v) is 4.13. The van der Waals surface area contributed by atoms with Gasteiger partial charge in [0, 0.05) is 21.0 Å². The molecule has 0 amide bonds. The molecule has 3 aromatic rings. The van der Waals surface area contributed by atoms with Crippen molar-refractivity contribution in [1.82, 2.24) is 0 Å². The monoisotopic (exact) mass is 320 g/mol. The summed E-state index contributed by atoms with van der Waals surface area (Å²) in [6.07, 6.45) is -1.02. The highest BCUT2D eigenvalue weighted by molar-refractivity contribution is 6.36. The minimum atomic E-state index is -1.02. The van der Waals surface area contributed by atoms with E-state index < -0.39 is 6.10 Å². The molecule has 3 aromatic carbocycles. The van der Waals surface area contributed by atoms with Crippen LogP contribution in [-0.4, -0.2) is 5.11 Å². The van der Waals surface area contributed by atoms with E-state index >= 15 is 0 Å². The Bertz CT molecular complexity index is 797. The number of hydrogen-bond acceptors (Lipinski definition) is 1. The maximum absolute atomic E-state index is 13.9. The van der Waals surface area contributed by atoms with Crippen LogP contribution in [0.15, 0.2) is 54.6 Å². The highest BCUT2D eigenvalue weighted by Crippen LogP contribution is 2.37. The number of benzene rings is 3. The summed E-state index contributed by atoms with van der Waals surface area (Å²) < 4.78 is 13.9. The van der Waals surface area contributed by atoms with E-state index in [9.17, 15) is 9.50 Å². The van der Waals surface area contributed by atoms with Gasteiger partial charge in [0.25, 0.3) is 0 Å². The Labute approximate surface area is 131 Å². The molecule has 4 heteroatoms. The minimum absolute atomic E-state index is 0.327. The van der Waals surface area contributed by atoms with Crippen LogP contribution in [0.1, 0.15) is 17.2 Å². The fourth-order valence-corrected chi connectivity index (χ4v) is 3.06. The molecule has 0 radical (unpaired) electrons. The zero-order chi connectivity index (χ0) is 15.0. The van der Waals surface area contributed by atoms with Gasteiger partial charge in [0.15, 0.2) is 0 Å². The molecule has 1 atom stereocenters. The highest BCUT2D eigenvalue weighted by atomic mass is 35.5. The molecular weight excluding hydrogens is 310 g/mol. The van der Waals surface area contributed by atoms with Gasteiger partial charge in [-0.3, -0.25) is 0 Å². The van der Waals surface area contributed by atoms with Gasteiger partial charge in [0.05, 0.1) is 0 Å². The Morgan fingerprint density at radius 2 is 1.43 bits per heavy atom. The zero-order valence-electron chi connectivity index (χ0n) is 10.9. The fourth-order valence-electron chi connectivity index (χ4n) is 2.45. The summed E-state index contributed by atoms with van der Waals surface area (Å²) >= 11 is 12.3. The van der Waals surface area contributed by atoms with Gasteiger partial charge in [-0.15, -0.1) is 0 Å². The normalized spacial score (nSPS) is 12.6. The lowest BCUT2D eigenvalue weighted by Gasteiger charge is -2.17. The molecule has 0 aliphatic rings. The van der Waals surface area contributed by atoms with Crippen molar-refractivity contribution in [2.75, 3.05) is 0 Å². The van der Waals surface area contributed by atoms with E-state index in [4.69, 9.17) is 23.2 Å². The van der Waals surface area contributed by atoms with Gasteiger partial charge in [-0.2, -0.15) is 0 Å². The first-order valence-corrected chi connectivity index (χ1v) is 7.14. The first-order chi connectivity index (χ1) is 10.1. The van der Waals surface area contributed by atoms with Crippen LogP contribution in [0.4, 0.5) is 4.39 Å². The molecule has 0 saturated carbocycles. The van der Waals surface area contributed by atoms with Crippen molar-refractivity contribution in [3.05, 3.63) is 81.6 Å². The number of aliphatic hydroxyl groups is 1. The summed E-state index contributed by atoms with van der Waals surface area (Å²) in [5.74, 6) is -0.327. The quantitative estimate of drug-likeness (QED) is 0.673. The summed E-state index contributed by atoms with van der Waals surface area (Å²) in [6, 6.07) is 14.9. The summed E-state index contributed by atoms with van der Waals surface area (Å²) in [4.78, 5) is 0. The molecule has 106 valence electrons. The van der Waals surface area contributed by atoms with Crippen LogP contribution in [0.3, 0.4) is 0 Å². The lowest BCUT2D eigenvalue weighted by molar-refractivity contribution is 0.222. The maximum atomic E-state index is 13.9. The second kappa shape index (κ2) is 5.64. The van der Waals surface area contributed by atoms with Crippen LogP contribution in [0.25, 0.3) is 10.8 Å². The Kier molecular flexibility index (Phi) is 3.85. The van der Waals surface area contributed by atoms with Gasteiger partial charge in [0.1, 0.15) is 11.9 Å². The first-order valence-electron chi connectivity index (χ1n) is 6.38. The van der Waals surface area contributed by atoms with Crippen molar-refractivity contribution in [2.45, 2.75) is 6.10 Å². The molecule has 0 spiro atoms. The molecule has 21 heavy (non-hydrogen) atoms. The molecule has 0 saturated heterocycles. The summed E-state index contributed by atoms with van der Waals surface area (Å²) in [5, 5.41) is 12.5. The predicted octanol–water partition coefficient (Wildman–Crippen LogP) is 5.37. The molecule has 0 heterocycles. The molecule has 0 aliphatic heterocycles. The van der Waals surface area contributed by atoms with Crippen molar-refractivity contribution >= 4 is 34.0 Å². The molecule has 1 nitrogen and oxygen atoms in total. The largest absolute Gasteiger partial charge is 0.384 e. The average molecular weight is 321 g/mol. The van der Waals surface area contributed by atoms with E-state index in [0.29, 0.717) is 31.9 Å². The minimum Gasteiger partial charge on any atom is -0.384 e. The SMILES string of the molecule is OC(c1c(Cl)cccc1Cl)c1ccc(F)c2ccccc12. The first kappa shape index (κ1) is 14.3. The fraction of sp³-hybridized carbons (Fsp3) is 0.0588. The third kappa shape index (κ3) is 2.51. The van der Waals surface area contributed by atoms with E-state index in [2.05, 4.69) is 0 Å². The summed E-state index contributed by atoms with van der Waals surface area (Å²) in [7, 11) is 0. The van der Waals surface area contributed by atoms with Crippen LogP contribution in [0.5, 0.6) is 0 Å². The van der Waals surface area contributed by atoms with Crippen LogP contribution in [0, 0.1) is 5.82 Å². The summed E-state index contributed by atoms with van der Waals surface area (Å²) in [5.41, 5.74) is 1.000. The van der Waals surface area contributed by atoms with Gasteiger partial charge < -0.3 is 5.11 Å². The highest BCUT2D eigenvalue weighted by Gasteiger charge is 2.20. The molecule has 3 rings (SSSR count). The van der Waals surface area contributed by atoms with Crippen LogP contribution < -0.4 is 0 Å². The number of aliphatic hydroxyl groups excluding tert-OH is 1. The molecule has 0 aromatic heterocycles. The second-order valence-electron chi connectivity index (χ2n) is 4.72. The molecule has 0 fully saturated rings. The molecule has 0 bridgehead atoms. The van der Waals surface area contributed by atoms with Crippen molar-refractivity contribution < 1.29 is 9.50 Å². The van der Waals surface area contributed by atoms with E-state index in [-0.39, 0.29) is 5.82 Å². The van der Waals surface area contributed by atoms with Crippen LogP contribution >= 0.6 is 23.2 Å². The Morgan fingerprint density at radius 1 is 0.810 bits per heavy atom. The number of halogens is 3. The van der Waals surface area contributed by atoms with Crippen LogP contribution in [-0.2, 0) is 0 Å². The standard InChI is InChI=1S/C17H11Cl2FO/c18-13-6-3-7-14(19)16(13)17(21)12-8-9-15(20)11-5-2-1-4-10(11)12/h1-9,17,21H. The van der Waals surface area contributed by atoms with Crippen molar-refractivity contribution in [3.63, 3.8) is 0 Å². The molecule has 1 unspecified atom stereocenters. The van der Waals surface area contributed by atoms with E-state index in [0.717, 1.165) is 0 Å². The average Bonchev–Trinajstić information content (AvgIpc) is 2.47. The second-order valence-corrected chi connectivity index (χ2v) is 5.53. The third-order valence-electron chi connectivity index (χ3n) is 3.47. The van der Waals surface area contributed by atoms with Crippen molar-refractivity contribution in [2.24, 2.45) is 0 Å². The topological polar surface area (TPSA) is 20.2 Å². The molecule has 1 N–H and O–H groups in total. The number of rotatable bonds is 2. The van der Waals surface area contributed by atoms with Gasteiger partial charge in [-0.1, -0.05) is 59.6 Å². The zero-order valence-corrected chi connectivity index (χ0v) is 12.4. The van der Waals surface area contributed by atoms with E-state index in [1.807, 2.05) is 0 Å². The van der Waals surface area contributed by atoms with Gasteiger partial charge >= 0.3 is 0 Å². The van der Waals surface area contributed by atoms with E-state index in [1.54, 1.807) is 48.5 Å². The van der Waals surface area contributed by atoms with Crippen molar-refractivity contribution in [3.8, 4) is 0 Å². The van der Waals surface area contributed by atoms with Gasteiger partial charge in [-0.05, 0) is 29.1 Å².